The molecule has 0 spiro atoms. The lowest BCUT2D eigenvalue weighted by Gasteiger charge is -2.52. The fraction of sp³-hybridized carbons (Fsp3) is 0.345. The van der Waals surface area contributed by atoms with E-state index in [-0.39, 0.29) is 33.9 Å². The lowest BCUT2D eigenvalue weighted by molar-refractivity contribution is 0.195. The first-order valence-electron chi connectivity index (χ1n) is 23.2. The van der Waals surface area contributed by atoms with Crippen LogP contribution in [0.4, 0.5) is 27.8 Å². The summed E-state index contributed by atoms with van der Waals surface area (Å²) in [5.74, 6) is 0. The van der Waals surface area contributed by atoms with Crippen LogP contribution in [-0.2, 0) is 21.7 Å². The maximum atomic E-state index is 2.90. The molecule has 62 heavy (non-hydrogen) atoms. The van der Waals surface area contributed by atoms with Crippen LogP contribution in [0.15, 0.2) is 121 Å². The normalized spacial score (nSPS) is 20.3. The molecule has 2 unspecified atom stereocenters. The van der Waals surface area contributed by atoms with E-state index in [4.69, 9.17) is 0 Å². The van der Waals surface area contributed by atoms with Gasteiger partial charge in [-0.25, -0.2) is 0 Å². The van der Waals surface area contributed by atoms with E-state index in [1.807, 2.05) is 11.3 Å². The molecule has 7 aromatic rings. The van der Waals surface area contributed by atoms with E-state index in [2.05, 4.69) is 207 Å². The summed E-state index contributed by atoms with van der Waals surface area (Å²) in [6, 6.07) is 47.5. The minimum absolute atomic E-state index is 0.00188. The Labute approximate surface area is 375 Å². The Morgan fingerprint density at radius 3 is 1.84 bits per heavy atom. The second kappa shape index (κ2) is 13.2. The summed E-state index contributed by atoms with van der Waals surface area (Å²) in [7, 11) is 0. The predicted molar refractivity (Wildman–Crippen MR) is 271 cm³/mol. The van der Waals surface area contributed by atoms with Gasteiger partial charge < -0.3 is 9.80 Å². The molecule has 0 amide bonds. The SMILES string of the molecule is CC(C)(C)c1ccc(N2c3cc(-c4ccccc4)cc4c3B(c3cc(C(C)(C)C)cc5c3N4C3(C)CCCCC53C)c3c2sc2cc(C(C)(C)C)ccc32)c(-c2ccccc2)c1. The molecule has 1 aromatic heterocycles. The topological polar surface area (TPSA) is 6.48 Å². The molecular weight excluding hydrogens is 768 g/mol. The summed E-state index contributed by atoms with van der Waals surface area (Å²) < 4.78 is 1.37. The maximum absolute atomic E-state index is 2.90. The quantitative estimate of drug-likeness (QED) is 0.164. The minimum Gasteiger partial charge on any atom is -0.335 e. The highest BCUT2D eigenvalue weighted by Gasteiger charge is 2.62. The fourth-order valence-corrected chi connectivity index (χ4v) is 13.1. The summed E-state index contributed by atoms with van der Waals surface area (Å²) in [6.45, 7) is 26.6. The van der Waals surface area contributed by atoms with Crippen LogP contribution in [0.5, 0.6) is 0 Å². The van der Waals surface area contributed by atoms with Crippen LogP contribution in [-0.4, -0.2) is 12.3 Å². The Hall–Kier alpha value is -5.06. The Bertz CT molecular complexity index is 2960. The smallest absolute Gasteiger partial charge is 0.254 e. The number of nitrogens with zero attached hydrogens (tertiary/aromatic N) is 2. The first-order chi connectivity index (χ1) is 29.4. The van der Waals surface area contributed by atoms with Crippen molar-refractivity contribution < 1.29 is 0 Å². The van der Waals surface area contributed by atoms with Gasteiger partial charge in [0.15, 0.2) is 0 Å². The molecule has 1 aliphatic carbocycles. The molecule has 3 aliphatic heterocycles. The number of thiophene rings is 1. The van der Waals surface area contributed by atoms with Gasteiger partial charge in [-0.2, -0.15) is 0 Å². The van der Waals surface area contributed by atoms with Gasteiger partial charge in [-0.3, -0.25) is 0 Å². The highest BCUT2D eigenvalue weighted by atomic mass is 32.1. The van der Waals surface area contributed by atoms with Crippen molar-refractivity contribution in [1.82, 2.24) is 0 Å². The zero-order chi connectivity index (χ0) is 43.3. The molecule has 0 N–H and O–H groups in total. The first kappa shape index (κ1) is 39.8. The van der Waals surface area contributed by atoms with E-state index < -0.39 is 0 Å². The van der Waals surface area contributed by atoms with Crippen LogP contribution in [0.2, 0.25) is 0 Å². The third-order valence-corrected chi connectivity index (χ3v) is 16.8. The number of anilines is 5. The largest absolute Gasteiger partial charge is 0.335 e. The Morgan fingerprint density at radius 2 is 1.16 bits per heavy atom. The van der Waals surface area contributed by atoms with Crippen molar-refractivity contribution in [3.8, 4) is 22.3 Å². The summed E-state index contributed by atoms with van der Waals surface area (Å²) in [5, 5.41) is 2.73. The zero-order valence-corrected chi connectivity index (χ0v) is 39.6. The molecule has 4 aliphatic rings. The molecular formula is C58H61BN2S. The molecule has 6 aromatic carbocycles. The predicted octanol–water partition coefficient (Wildman–Crippen LogP) is 14.5. The Morgan fingerprint density at radius 1 is 0.548 bits per heavy atom. The summed E-state index contributed by atoms with van der Waals surface area (Å²) in [4.78, 5) is 5.62. The molecule has 4 heterocycles. The van der Waals surface area contributed by atoms with Gasteiger partial charge in [0.1, 0.15) is 0 Å². The van der Waals surface area contributed by atoms with Crippen molar-refractivity contribution in [1.29, 1.82) is 0 Å². The molecule has 11 rings (SSSR count). The van der Waals surface area contributed by atoms with Gasteiger partial charge in [-0.15, -0.1) is 11.3 Å². The molecule has 1 saturated carbocycles. The van der Waals surface area contributed by atoms with E-state index in [1.165, 1.54) is 119 Å². The standard InChI is InChI=1S/C58H61BN2S/c1-54(2,3)39-25-27-46(43(32-39)37-22-16-13-17-23-37)60-47-30-38(36-20-14-12-15-21-36)31-48-51(47)59(50-42-26-24-40(55(4,5)6)35-49(42)62-53(50)60)45-34-41(56(7,8)9)33-44-52(45)61(48)58(11)29-19-18-28-57(44,58)10/h12-17,20-27,30-35H,18-19,28-29H2,1-11H3. The van der Waals surface area contributed by atoms with Gasteiger partial charge in [0.2, 0.25) is 0 Å². The van der Waals surface area contributed by atoms with Gasteiger partial charge in [0.25, 0.3) is 6.71 Å². The van der Waals surface area contributed by atoms with Crippen molar-refractivity contribution in [2.24, 2.45) is 0 Å². The number of hydrogen-bond acceptors (Lipinski definition) is 3. The third-order valence-electron chi connectivity index (χ3n) is 15.7. The average molecular weight is 829 g/mol. The van der Waals surface area contributed by atoms with Crippen molar-refractivity contribution in [3.63, 3.8) is 0 Å². The average Bonchev–Trinajstić information content (AvgIpc) is 3.71. The summed E-state index contributed by atoms with van der Waals surface area (Å²) >= 11 is 2.00. The zero-order valence-electron chi connectivity index (χ0n) is 38.8. The summed E-state index contributed by atoms with van der Waals surface area (Å²) in [6.07, 6.45) is 4.91. The molecule has 0 bridgehead atoms. The van der Waals surface area contributed by atoms with E-state index >= 15 is 0 Å². The lowest BCUT2D eigenvalue weighted by Crippen LogP contribution is -2.64. The molecule has 0 radical (unpaired) electrons. The van der Waals surface area contributed by atoms with Crippen molar-refractivity contribution in [3.05, 3.63) is 144 Å². The van der Waals surface area contributed by atoms with Crippen LogP contribution in [0, 0.1) is 0 Å². The number of benzene rings is 6. The van der Waals surface area contributed by atoms with Gasteiger partial charge in [0.05, 0.1) is 16.2 Å². The molecule has 4 heteroatoms. The third kappa shape index (κ3) is 5.60. The molecule has 312 valence electrons. The lowest BCUT2D eigenvalue weighted by atomic mass is 9.33. The first-order valence-corrected chi connectivity index (χ1v) is 24.0. The second-order valence-electron chi connectivity index (χ2n) is 22.6. The van der Waals surface area contributed by atoms with E-state index in [0.29, 0.717) is 0 Å². The van der Waals surface area contributed by atoms with Crippen LogP contribution in [0.1, 0.15) is 124 Å². The highest BCUT2D eigenvalue weighted by Crippen LogP contribution is 2.63. The highest BCUT2D eigenvalue weighted by molar-refractivity contribution is 7.26. The van der Waals surface area contributed by atoms with Crippen LogP contribution >= 0.6 is 11.3 Å². The van der Waals surface area contributed by atoms with Crippen molar-refractivity contribution in [2.45, 2.75) is 129 Å². The number of fused-ring (bicyclic) bond motifs is 9. The monoisotopic (exact) mass is 828 g/mol. The van der Waals surface area contributed by atoms with Crippen molar-refractivity contribution in [2.75, 3.05) is 9.80 Å². The number of rotatable bonds is 3. The van der Waals surface area contributed by atoms with Gasteiger partial charge in [0, 0.05) is 32.7 Å². The van der Waals surface area contributed by atoms with E-state index in [0.717, 1.165) is 0 Å². The van der Waals surface area contributed by atoms with Crippen LogP contribution in [0.25, 0.3) is 32.3 Å². The van der Waals surface area contributed by atoms with E-state index in [9.17, 15) is 0 Å². The van der Waals surface area contributed by atoms with Crippen LogP contribution < -0.4 is 26.2 Å². The minimum atomic E-state index is -0.0696. The van der Waals surface area contributed by atoms with Gasteiger partial charge >= 0.3 is 0 Å². The Balaban J connectivity index is 1.32. The Kier molecular flexibility index (Phi) is 8.49. The fourth-order valence-electron chi connectivity index (χ4n) is 11.8. The van der Waals surface area contributed by atoms with Crippen LogP contribution in [0.3, 0.4) is 0 Å². The molecule has 1 fully saturated rings. The number of hydrogen-bond donors (Lipinski definition) is 0. The molecule has 2 nitrogen and oxygen atoms in total. The molecule has 0 saturated heterocycles. The van der Waals surface area contributed by atoms with E-state index in [1.54, 1.807) is 5.56 Å². The summed E-state index contributed by atoms with van der Waals surface area (Å²) in [5.41, 5.74) is 20.6. The molecule has 2 atom stereocenters. The maximum Gasteiger partial charge on any atom is 0.254 e. The van der Waals surface area contributed by atoms with Crippen molar-refractivity contribution >= 4 is 72.3 Å². The van der Waals surface area contributed by atoms with Gasteiger partial charge in [-0.1, -0.05) is 173 Å². The second-order valence-corrected chi connectivity index (χ2v) is 23.6. The van der Waals surface area contributed by atoms with Gasteiger partial charge in [-0.05, 0) is 127 Å².